The highest BCUT2D eigenvalue weighted by Gasteiger charge is 2.57. The number of Topliss-reactive ketones (excluding diaryl/α,β-unsaturated/α-hetero) is 1. The standard InChI is InChI=1S/C31H31N3O3S/c1-37-30(36)19-6-9-22-25(16-19)31(29(32)28(22)35)23-10-7-20(33-12-4-13-33)17-26(23)38(2,3)27-18-21(8-11-24(27)31)34-14-5-15-34/h6-11,16-18,32H,4-5,12-15H2,1-3H3. The van der Waals surface area contributed by atoms with E-state index >= 15 is 0 Å². The Labute approximate surface area is 224 Å². The van der Waals surface area contributed by atoms with E-state index in [2.05, 4.69) is 58.7 Å². The van der Waals surface area contributed by atoms with Gasteiger partial charge in [-0.1, -0.05) is 12.1 Å². The van der Waals surface area contributed by atoms with Gasteiger partial charge in [0, 0.05) is 52.9 Å². The summed E-state index contributed by atoms with van der Waals surface area (Å²) in [7, 11) is -0.107. The minimum Gasteiger partial charge on any atom is -0.465 e. The monoisotopic (exact) mass is 525 g/mol. The number of rotatable bonds is 3. The fourth-order valence-electron chi connectivity index (χ4n) is 6.59. The highest BCUT2D eigenvalue weighted by Crippen LogP contribution is 2.69. The van der Waals surface area contributed by atoms with Crippen molar-refractivity contribution < 1.29 is 14.3 Å². The summed E-state index contributed by atoms with van der Waals surface area (Å²) in [5.74, 6) is -0.723. The number of fused-ring (bicyclic) bond motifs is 6. The minimum atomic E-state index is -1.47. The zero-order chi connectivity index (χ0) is 26.4. The van der Waals surface area contributed by atoms with E-state index in [1.807, 2.05) is 0 Å². The van der Waals surface area contributed by atoms with Crippen molar-refractivity contribution in [2.45, 2.75) is 28.0 Å². The second-order valence-electron chi connectivity index (χ2n) is 11.1. The van der Waals surface area contributed by atoms with Crippen LogP contribution in [0.2, 0.25) is 0 Å². The Morgan fingerprint density at radius 3 is 1.87 bits per heavy atom. The van der Waals surface area contributed by atoms with E-state index < -0.39 is 21.4 Å². The van der Waals surface area contributed by atoms with Crippen LogP contribution in [0.1, 0.15) is 50.2 Å². The lowest BCUT2D eigenvalue weighted by molar-refractivity contribution is 0.0600. The van der Waals surface area contributed by atoms with Gasteiger partial charge in [-0.2, -0.15) is 10.0 Å². The van der Waals surface area contributed by atoms with Gasteiger partial charge in [0.05, 0.1) is 23.8 Å². The predicted octanol–water partition coefficient (Wildman–Crippen LogP) is 5.24. The van der Waals surface area contributed by atoms with Gasteiger partial charge in [0.2, 0.25) is 5.78 Å². The van der Waals surface area contributed by atoms with Crippen LogP contribution in [0.15, 0.2) is 64.4 Å². The molecule has 0 unspecified atom stereocenters. The van der Waals surface area contributed by atoms with E-state index in [-0.39, 0.29) is 11.5 Å². The summed E-state index contributed by atoms with van der Waals surface area (Å²) in [5.41, 5.74) is 4.97. The molecule has 2 fully saturated rings. The fraction of sp³-hybridized carbons (Fsp3) is 0.323. The Morgan fingerprint density at radius 1 is 0.842 bits per heavy atom. The molecular weight excluding hydrogens is 494 g/mol. The zero-order valence-corrected chi connectivity index (χ0v) is 22.8. The molecule has 0 bridgehead atoms. The molecule has 38 heavy (non-hydrogen) atoms. The van der Waals surface area contributed by atoms with Gasteiger partial charge < -0.3 is 14.5 Å². The maximum absolute atomic E-state index is 13.7. The van der Waals surface area contributed by atoms with E-state index in [1.54, 1.807) is 18.2 Å². The average molecular weight is 526 g/mol. The summed E-state index contributed by atoms with van der Waals surface area (Å²) in [4.78, 5) is 33.5. The van der Waals surface area contributed by atoms with Crippen molar-refractivity contribution in [2.24, 2.45) is 0 Å². The Kier molecular flexibility index (Phi) is 4.93. The number of carbonyl (C=O) groups is 2. The third-order valence-corrected chi connectivity index (χ3v) is 11.8. The van der Waals surface area contributed by atoms with Crippen LogP contribution < -0.4 is 9.80 Å². The third-order valence-electron chi connectivity index (χ3n) is 8.97. The lowest BCUT2D eigenvalue weighted by Crippen LogP contribution is -2.42. The fourth-order valence-corrected chi connectivity index (χ4v) is 9.20. The number of anilines is 2. The summed E-state index contributed by atoms with van der Waals surface area (Å²) in [6.45, 7) is 4.20. The molecule has 7 heteroatoms. The molecule has 1 N–H and O–H groups in total. The molecule has 0 radical (unpaired) electrons. The molecule has 4 aliphatic rings. The summed E-state index contributed by atoms with van der Waals surface area (Å²) in [5, 5.41) is 9.39. The van der Waals surface area contributed by atoms with E-state index in [1.165, 1.54) is 41.1 Å². The minimum absolute atomic E-state index is 0.0558. The number of ether oxygens (including phenoxy) is 1. The number of hydrogen-bond acceptors (Lipinski definition) is 6. The quantitative estimate of drug-likeness (QED) is 0.474. The first-order chi connectivity index (χ1) is 18.3. The van der Waals surface area contributed by atoms with Gasteiger partial charge in [-0.05, 0) is 84.5 Å². The maximum atomic E-state index is 13.7. The van der Waals surface area contributed by atoms with Crippen LogP contribution in [-0.4, -0.2) is 63.3 Å². The molecular formula is C31H31N3O3S. The van der Waals surface area contributed by atoms with E-state index in [4.69, 9.17) is 4.74 Å². The first kappa shape index (κ1) is 23.5. The Bertz CT molecular complexity index is 1500. The molecule has 3 aliphatic heterocycles. The molecule has 1 aliphatic carbocycles. The van der Waals surface area contributed by atoms with Crippen molar-refractivity contribution in [2.75, 3.05) is 55.6 Å². The third kappa shape index (κ3) is 2.88. The Morgan fingerprint density at radius 2 is 1.39 bits per heavy atom. The van der Waals surface area contributed by atoms with Gasteiger partial charge >= 0.3 is 5.97 Å². The summed E-state index contributed by atoms with van der Waals surface area (Å²) in [6, 6.07) is 18.3. The number of ketones is 1. The molecule has 194 valence electrons. The van der Waals surface area contributed by atoms with Crippen LogP contribution in [0, 0.1) is 5.41 Å². The van der Waals surface area contributed by atoms with Crippen molar-refractivity contribution in [1.29, 1.82) is 5.41 Å². The lowest BCUT2D eigenvalue weighted by atomic mass is 9.68. The van der Waals surface area contributed by atoms with Gasteiger partial charge in [0.15, 0.2) is 0 Å². The van der Waals surface area contributed by atoms with Crippen molar-refractivity contribution >= 4 is 38.9 Å². The van der Waals surface area contributed by atoms with Crippen LogP contribution in [0.3, 0.4) is 0 Å². The van der Waals surface area contributed by atoms with Gasteiger partial charge in [-0.3, -0.25) is 10.2 Å². The van der Waals surface area contributed by atoms with Gasteiger partial charge in [-0.25, -0.2) is 4.79 Å². The lowest BCUT2D eigenvalue weighted by Gasteiger charge is -2.49. The molecule has 0 atom stereocenters. The summed E-state index contributed by atoms with van der Waals surface area (Å²) >= 11 is 0. The second kappa shape index (κ2) is 7.96. The highest BCUT2D eigenvalue weighted by atomic mass is 32.3. The molecule has 6 nitrogen and oxygen atoms in total. The first-order valence-corrected chi connectivity index (χ1v) is 15.6. The Balaban J connectivity index is 1.56. The Hall–Kier alpha value is -3.58. The zero-order valence-electron chi connectivity index (χ0n) is 22.0. The number of hydrogen-bond donors (Lipinski definition) is 1. The number of nitrogens with zero attached hydrogens (tertiary/aromatic N) is 2. The van der Waals surface area contributed by atoms with Crippen LogP contribution in [0.4, 0.5) is 11.4 Å². The predicted molar refractivity (Wildman–Crippen MR) is 152 cm³/mol. The largest absolute Gasteiger partial charge is 0.465 e. The van der Waals surface area contributed by atoms with Crippen molar-refractivity contribution in [3.8, 4) is 0 Å². The molecule has 2 saturated heterocycles. The van der Waals surface area contributed by atoms with Crippen LogP contribution in [-0.2, 0) is 10.2 Å². The molecule has 3 aromatic rings. The molecule has 3 aromatic carbocycles. The number of benzene rings is 3. The number of carbonyl (C=O) groups excluding carboxylic acids is 2. The van der Waals surface area contributed by atoms with Crippen molar-refractivity contribution in [3.05, 3.63) is 82.4 Å². The normalized spacial score (nSPS) is 20.7. The van der Waals surface area contributed by atoms with Crippen LogP contribution >= 0.6 is 10.0 Å². The van der Waals surface area contributed by atoms with Gasteiger partial charge in [0.1, 0.15) is 0 Å². The topological polar surface area (TPSA) is 73.7 Å². The molecule has 0 aromatic heterocycles. The van der Waals surface area contributed by atoms with E-state index in [9.17, 15) is 15.0 Å². The SMILES string of the molecule is COC(=O)c1ccc2c(c1)C1(C(=N)C2=O)c2ccc(N3CCC3)cc2S(C)(C)c2cc(N3CCC3)ccc21. The van der Waals surface area contributed by atoms with Crippen molar-refractivity contribution in [1.82, 2.24) is 0 Å². The maximum Gasteiger partial charge on any atom is 0.337 e. The molecule has 1 spiro atoms. The van der Waals surface area contributed by atoms with Gasteiger partial charge in [0.25, 0.3) is 0 Å². The van der Waals surface area contributed by atoms with Crippen LogP contribution in [0.5, 0.6) is 0 Å². The van der Waals surface area contributed by atoms with E-state index in [0.717, 1.165) is 37.3 Å². The summed E-state index contributed by atoms with van der Waals surface area (Å²) in [6.07, 6.45) is 7.07. The van der Waals surface area contributed by atoms with Crippen molar-refractivity contribution in [3.63, 3.8) is 0 Å². The number of nitrogens with one attached hydrogen (secondary N) is 1. The number of esters is 1. The highest BCUT2D eigenvalue weighted by molar-refractivity contribution is 8.32. The molecule has 0 saturated carbocycles. The molecule has 3 heterocycles. The van der Waals surface area contributed by atoms with Gasteiger partial charge in [-0.15, -0.1) is 0 Å². The first-order valence-electron chi connectivity index (χ1n) is 13.2. The summed E-state index contributed by atoms with van der Waals surface area (Å²) < 4.78 is 5.03. The molecule has 7 rings (SSSR count). The number of methoxy groups -OCH3 is 1. The van der Waals surface area contributed by atoms with E-state index in [0.29, 0.717) is 16.7 Å². The second-order valence-corrected chi connectivity index (χ2v) is 14.6. The smallest absolute Gasteiger partial charge is 0.337 e. The average Bonchev–Trinajstić information content (AvgIpc) is 3.07. The van der Waals surface area contributed by atoms with Crippen LogP contribution in [0.25, 0.3) is 0 Å². The molecule has 0 amide bonds.